The minimum atomic E-state index is -0.0892. The van der Waals surface area contributed by atoms with Crippen molar-refractivity contribution in [1.29, 1.82) is 0 Å². The Kier molecular flexibility index (Phi) is 6.76. The summed E-state index contributed by atoms with van der Waals surface area (Å²) in [4.78, 5) is 15.4. The van der Waals surface area contributed by atoms with E-state index in [2.05, 4.69) is 24.1 Å². The first-order valence-electron chi connectivity index (χ1n) is 5.14. The second kappa shape index (κ2) is 7.24. The predicted octanol–water partition coefficient (Wildman–Crippen LogP) is 1.25. The largest absolute Gasteiger partial charge is 0.330 e. The van der Waals surface area contributed by atoms with Crippen molar-refractivity contribution in [3.05, 3.63) is 12.4 Å². The minimum absolute atomic E-state index is 0. The zero-order valence-corrected chi connectivity index (χ0v) is 10.5. The summed E-state index contributed by atoms with van der Waals surface area (Å²) in [5.41, 5.74) is 5.29. The van der Waals surface area contributed by atoms with E-state index in [0.717, 1.165) is 6.54 Å². The Labute approximate surface area is 102 Å². The van der Waals surface area contributed by atoms with Crippen LogP contribution in [0.2, 0.25) is 0 Å². The van der Waals surface area contributed by atoms with Crippen molar-refractivity contribution in [2.75, 3.05) is 11.9 Å². The summed E-state index contributed by atoms with van der Waals surface area (Å²) in [6.07, 6.45) is 3.87. The molecule has 1 rings (SSSR count). The topological polar surface area (TPSA) is 72.9 Å². The highest BCUT2D eigenvalue weighted by Crippen LogP contribution is 2.08. The lowest BCUT2D eigenvalue weighted by atomic mass is 10.2. The molecule has 0 atom stereocenters. The van der Waals surface area contributed by atoms with Gasteiger partial charge in [-0.1, -0.05) is 13.8 Å². The van der Waals surface area contributed by atoms with E-state index in [1.165, 1.54) is 0 Å². The lowest BCUT2D eigenvalue weighted by Gasteiger charge is -2.10. The molecule has 1 aromatic heterocycles. The van der Waals surface area contributed by atoms with Gasteiger partial charge >= 0.3 is 0 Å². The third-order valence-corrected chi connectivity index (χ3v) is 1.90. The highest BCUT2D eigenvalue weighted by molar-refractivity contribution is 5.89. The van der Waals surface area contributed by atoms with E-state index >= 15 is 0 Å². The van der Waals surface area contributed by atoms with Crippen molar-refractivity contribution >= 4 is 24.3 Å². The number of hydrogen-bond donors (Lipinski definition) is 2. The van der Waals surface area contributed by atoms with Crippen molar-refractivity contribution in [1.82, 2.24) is 9.55 Å². The van der Waals surface area contributed by atoms with Gasteiger partial charge in [0.2, 0.25) is 11.9 Å². The number of carbonyl (C=O) groups is 1. The summed E-state index contributed by atoms with van der Waals surface area (Å²) >= 11 is 0. The van der Waals surface area contributed by atoms with Gasteiger partial charge in [-0.05, 0) is 5.92 Å². The molecule has 0 bridgehead atoms. The van der Waals surface area contributed by atoms with Gasteiger partial charge in [0.15, 0.2) is 0 Å². The molecule has 1 amide bonds. The standard InChI is InChI=1S/C10H18N4O.ClH/c1-8(2)7-14-6-5-12-10(14)13-9(15)3-4-11;/h5-6,8H,3-4,7,11H2,1-2H3,(H,12,13,15);1H. The smallest absolute Gasteiger partial charge is 0.227 e. The van der Waals surface area contributed by atoms with Crippen LogP contribution in [0, 0.1) is 5.92 Å². The zero-order valence-electron chi connectivity index (χ0n) is 9.64. The number of rotatable bonds is 5. The van der Waals surface area contributed by atoms with Crippen LogP contribution in [0.5, 0.6) is 0 Å². The van der Waals surface area contributed by atoms with Crippen LogP contribution in [0.1, 0.15) is 20.3 Å². The molecule has 0 aliphatic heterocycles. The number of imidazole rings is 1. The molecule has 5 nitrogen and oxygen atoms in total. The molecule has 0 aromatic carbocycles. The molecule has 6 heteroatoms. The Morgan fingerprint density at radius 2 is 2.31 bits per heavy atom. The number of nitrogens with two attached hydrogens (primary N) is 1. The van der Waals surface area contributed by atoms with Gasteiger partial charge in [-0.2, -0.15) is 0 Å². The summed E-state index contributed by atoms with van der Waals surface area (Å²) < 4.78 is 1.93. The SMILES string of the molecule is CC(C)Cn1ccnc1NC(=O)CCN.Cl. The molecular formula is C10H19ClN4O. The van der Waals surface area contributed by atoms with Crippen LogP contribution < -0.4 is 11.1 Å². The summed E-state index contributed by atoms with van der Waals surface area (Å²) in [5.74, 6) is 1.03. The fourth-order valence-corrected chi connectivity index (χ4v) is 1.29. The molecule has 0 radical (unpaired) electrons. The average Bonchev–Trinajstić information content (AvgIpc) is 2.52. The Morgan fingerprint density at radius 1 is 1.62 bits per heavy atom. The van der Waals surface area contributed by atoms with E-state index in [-0.39, 0.29) is 18.3 Å². The Morgan fingerprint density at radius 3 is 2.88 bits per heavy atom. The molecule has 16 heavy (non-hydrogen) atoms. The first-order valence-corrected chi connectivity index (χ1v) is 5.14. The number of hydrogen-bond acceptors (Lipinski definition) is 3. The van der Waals surface area contributed by atoms with Gasteiger partial charge in [-0.15, -0.1) is 12.4 Å². The molecule has 0 unspecified atom stereocenters. The number of amides is 1. The van der Waals surface area contributed by atoms with Crippen LogP contribution >= 0.6 is 12.4 Å². The first kappa shape index (κ1) is 14.9. The van der Waals surface area contributed by atoms with Crippen molar-refractivity contribution in [2.24, 2.45) is 11.7 Å². The van der Waals surface area contributed by atoms with E-state index in [0.29, 0.717) is 24.8 Å². The maximum Gasteiger partial charge on any atom is 0.227 e. The lowest BCUT2D eigenvalue weighted by Crippen LogP contribution is -2.19. The van der Waals surface area contributed by atoms with Gasteiger partial charge in [-0.25, -0.2) is 4.98 Å². The summed E-state index contributed by atoms with van der Waals surface area (Å²) in [5, 5.41) is 2.73. The molecule has 92 valence electrons. The third kappa shape index (κ3) is 4.63. The monoisotopic (exact) mass is 246 g/mol. The fraction of sp³-hybridized carbons (Fsp3) is 0.600. The fourth-order valence-electron chi connectivity index (χ4n) is 1.29. The van der Waals surface area contributed by atoms with Gasteiger partial charge < -0.3 is 10.3 Å². The van der Waals surface area contributed by atoms with Gasteiger partial charge in [0.05, 0.1) is 0 Å². The third-order valence-electron chi connectivity index (χ3n) is 1.90. The van der Waals surface area contributed by atoms with Gasteiger partial charge in [-0.3, -0.25) is 10.1 Å². The molecule has 0 saturated heterocycles. The van der Waals surface area contributed by atoms with E-state index in [4.69, 9.17) is 5.73 Å². The van der Waals surface area contributed by atoms with Crippen LogP contribution in [0.4, 0.5) is 5.95 Å². The molecule has 3 N–H and O–H groups in total. The molecule has 0 fully saturated rings. The number of carbonyl (C=O) groups excluding carboxylic acids is 1. The Balaban J connectivity index is 0.00000225. The first-order chi connectivity index (χ1) is 7.13. The lowest BCUT2D eigenvalue weighted by molar-refractivity contribution is -0.116. The van der Waals surface area contributed by atoms with Crippen LogP contribution in [-0.2, 0) is 11.3 Å². The van der Waals surface area contributed by atoms with Crippen LogP contribution in [0.15, 0.2) is 12.4 Å². The number of aromatic nitrogens is 2. The molecule has 1 aromatic rings. The summed E-state index contributed by atoms with van der Waals surface area (Å²) in [7, 11) is 0. The molecule has 0 saturated carbocycles. The summed E-state index contributed by atoms with van der Waals surface area (Å²) in [6.45, 7) is 5.44. The zero-order chi connectivity index (χ0) is 11.3. The highest BCUT2D eigenvalue weighted by Gasteiger charge is 2.07. The van der Waals surface area contributed by atoms with Crippen LogP contribution in [0.3, 0.4) is 0 Å². The van der Waals surface area contributed by atoms with Crippen molar-refractivity contribution in [3.63, 3.8) is 0 Å². The van der Waals surface area contributed by atoms with E-state index in [1.54, 1.807) is 6.20 Å². The van der Waals surface area contributed by atoms with Crippen molar-refractivity contribution in [2.45, 2.75) is 26.8 Å². The van der Waals surface area contributed by atoms with Gasteiger partial charge in [0.1, 0.15) is 0 Å². The van der Waals surface area contributed by atoms with Crippen LogP contribution in [-0.4, -0.2) is 22.0 Å². The Bertz CT molecular complexity index is 324. The number of nitrogens with one attached hydrogen (secondary N) is 1. The number of halogens is 1. The average molecular weight is 247 g/mol. The maximum atomic E-state index is 11.3. The van der Waals surface area contributed by atoms with Gasteiger partial charge in [0.25, 0.3) is 0 Å². The van der Waals surface area contributed by atoms with Crippen molar-refractivity contribution < 1.29 is 4.79 Å². The van der Waals surface area contributed by atoms with E-state index in [9.17, 15) is 4.79 Å². The quantitative estimate of drug-likeness (QED) is 0.821. The number of anilines is 1. The van der Waals surface area contributed by atoms with E-state index < -0.39 is 0 Å². The second-order valence-corrected chi connectivity index (χ2v) is 3.88. The maximum absolute atomic E-state index is 11.3. The normalized spacial score (nSPS) is 10.0. The second-order valence-electron chi connectivity index (χ2n) is 3.88. The van der Waals surface area contributed by atoms with Crippen LogP contribution in [0.25, 0.3) is 0 Å². The minimum Gasteiger partial charge on any atom is -0.330 e. The molecule has 0 spiro atoms. The molecule has 0 aliphatic carbocycles. The van der Waals surface area contributed by atoms with E-state index in [1.807, 2.05) is 10.8 Å². The molecular weight excluding hydrogens is 228 g/mol. The summed E-state index contributed by atoms with van der Waals surface area (Å²) in [6, 6.07) is 0. The molecule has 1 heterocycles. The highest BCUT2D eigenvalue weighted by atomic mass is 35.5. The van der Waals surface area contributed by atoms with Gasteiger partial charge in [0, 0.05) is 31.9 Å². The molecule has 0 aliphatic rings. The predicted molar refractivity (Wildman–Crippen MR) is 66.6 cm³/mol. The van der Waals surface area contributed by atoms with Crippen molar-refractivity contribution in [3.8, 4) is 0 Å². The Hall–Kier alpha value is -1.07. The number of nitrogens with zero attached hydrogens (tertiary/aromatic N) is 2.